The SMILES string of the molecule is CC[C@@H]1C[C@H](C)/C=C/C(O)C2CCC2CN2CC3(CCCc4cc(Cl)ccc43)COc3ccc(cc32)C(=O)NS1(=O)=O. The normalized spacial score (nSPS) is 33.3. The number of hydrogen-bond donors (Lipinski definition) is 2. The molecule has 2 aromatic carbocycles. The summed E-state index contributed by atoms with van der Waals surface area (Å²) < 4.78 is 35.5. The van der Waals surface area contributed by atoms with E-state index in [2.05, 4.69) is 21.8 Å². The Labute approximate surface area is 254 Å². The Morgan fingerprint density at radius 1 is 1.17 bits per heavy atom. The van der Waals surface area contributed by atoms with Gasteiger partial charge in [-0.05, 0) is 104 Å². The number of aliphatic hydroxyl groups is 1. The van der Waals surface area contributed by atoms with Gasteiger partial charge in [0.15, 0.2) is 0 Å². The molecule has 9 heteroatoms. The molecule has 4 aliphatic rings. The molecule has 6 rings (SSSR count). The third-order valence-electron chi connectivity index (χ3n) is 10.1. The van der Waals surface area contributed by atoms with Crippen molar-refractivity contribution in [3.8, 4) is 5.75 Å². The van der Waals surface area contributed by atoms with E-state index in [0.29, 0.717) is 38.3 Å². The average Bonchev–Trinajstić information content (AvgIpc) is 3.09. The molecule has 1 fully saturated rings. The highest BCUT2D eigenvalue weighted by molar-refractivity contribution is 7.90. The van der Waals surface area contributed by atoms with Crippen molar-refractivity contribution in [2.75, 3.05) is 24.6 Å². The lowest BCUT2D eigenvalue weighted by Crippen LogP contribution is -2.49. The molecule has 4 unspecified atom stereocenters. The van der Waals surface area contributed by atoms with E-state index in [1.165, 1.54) is 11.1 Å². The number of amides is 1. The minimum Gasteiger partial charge on any atom is -0.490 e. The Balaban J connectivity index is 1.42. The van der Waals surface area contributed by atoms with Gasteiger partial charge >= 0.3 is 0 Å². The Morgan fingerprint density at radius 3 is 2.76 bits per heavy atom. The minimum absolute atomic E-state index is 0.0592. The highest BCUT2D eigenvalue weighted by Crippen LogP contribution is 2.46. The molecular formula is C33H41ClN2O5S. The molecule has 2 heterocycles. The highest BCUT2D eigenvalue weighted by atomic mass is 35.5. The molecular weight excluding hydrogens is 572 g/mol. The van der Waals surface area contributed by atoms with Crippen LogP contribution < -0.4 is 14.4 Å². The van der Waals surface area contributed by atoms with Crippen molar-refractivity contribution in [2.45, 2.75) is 75.6 Å². The van der Waals surface area contributed by atoms with Crippen molar-refractivity contribution >= 4 is 33.2 Å². The van der Waals surface area contributed by atoms with Gasteiger partial charge in [0, 0.05) is 29.1 Å². The summed E-state index contributed by atoms with van der Waals surface area (Å²) >= 11 is 6.39. The lowest BCUT2D eigenvalue weighted by molar-refractivity contribution is 0.0454. The summed E-state index contributed by atoms with van der Waals surface area (Å²) in [5, 5.41) is 11.2. The summed E-state index contributed by atoms with van der Waals surface area (Å²) in [6.07, 6.45) is 8.89. The molecule has 7 nitrogen and oxygen atoms in total. The third-order valence-corrected chi connectivity index (χ3v) is 12.2. The second-order valence-electron chi connectivity index (χ2n) is 12.9. The topological polar surface area (TPSA) is 95.9 Å². The fourth-order valence-electron chi connectivity index (χ4n) is 7.53. The van der Waals surface area contributed by atoms with E-state index in [1.807, 2.05) is 32.1 Å². The van der Waals surface area contributed by atoms with Gasteiger partial charge in [0.1, 0.15) is 5.75 Å². The molecule has 226 valence electrons. The number of anilines is 1. The van der Waals surface area contributed by atoms with Gasteiger partial charge in [0.05, 0.1) is 23.6 Å². The molecule has 1 saturated carbocycles. The van der Waals surface area contributed by atoms with E-state index in [-0.39, 0.29) is 28.7 Å². The number of fused-ring (bicyclic) bond motifs is 4. The number of carbonyl (C=O) groups excluding carboxylic acids is 1. The number of allylic oxidation sites excluding steroid dienone is 1. The monoisotopic (exact) mass is 612 g/mol. The number of benzene rings is 2. The number of hydrogen-bond acceptors (Lipinski definition) is 6. The van der Waals surface area contributed by atoms with Gasteiger partial charge in [-0.3, -0.25) is 4.79 Å². The third kappa shape index (κ3) is 5.58. The lowest BCUT2D eigenvalue weighted by Gasteiger charge is -2.45. The van der Waals surface area contributed by atoms with Crippen LogP contribution in [0.4, 0.5) is 5.69 Å². The number of sulfonamides is 1. The van der Waals surface area contributed by atoms with Crippen molar-refractivity contribution in [1.29, 1.82) is 0 Å². The number of halogens is 1. The molecule has 2 aliphatic carbocycles. The second-order valence-corrected chi connectivity index (χ2v) is 15.3. The van der Waals surface area contributed by atoms with E-state index >= 15 is 0 Å². The summed E-state index contributed by atoms with van der Waals surface area (Å²) in [5.74, 6) is 0.408. The van der Waals surface area contributed by atoms with E-state index < -0.39 is 27.3 Å². The molecule has 2 aromatic rings. The fourth-order valence-corrected chi connectivity index (χ4v) is 9.27. The van der Waals surface area contributed by atoms with E-state index in [0.717, 1.165) is 42.8 Å². The molecule has 42 heavy (non-hydrogen) atoms. The zero-order valence-corrected chi connectivity index (χ0v) is 26.0. The molecule has 1 amide bonds. The zero-order valence-electron chi connectivity index (χ0n) is 24.4. The van der Waals surface area contributed by atoms with Gasteiger partial charge in [-0.1, -0.05) is 43.7 Å². The van der Waals surface area contributed by atoms with Crippen LogP contribution in [0.15, 0.2) is 48.6 Å². The minimum atomic E-state index is -3.91. The van der Waals surface area contributed by atoms with Gasteiger partial charge in [0.25, 0.3) is 5.91 Å². The number of carbonyl (C=O) groups is 1. The molecule has 0 aromatic heterocycles. The summed E-state index contributed by atoms with van der Waals surface area (Å²) in [6, 6.07) is 11.4. The lowest BCUT2D eigenvalue weighted by atomic mass is 9.68. The first kappa shape index (κ1) is 29.5. The van der Waals surface area contributed by atoms with Gasteiger partial charge in [-0.25, -0.2) is 13.1 Å². The van der Waals surface area contributed by atoms with E-state index in [4.69, 9.17) is 16.3 Å². The first-order valence-electron chi connectivity index (χ1n) is 15.3. The van der Waals surface area contributed by atoms with Gasteiger partial charge in [-0.2, -0.15) is 0 Å². The quantitative estimate of drug-likeness (QED) is 0.405. The second kappa shape index (κ2) is 11.5. The van der Waals surface area contributed by atoms with E-state index in [1.54, 1.807) is 18.2 Å². The Hall–Kier alpha value is -2.55. The largest absolute Gasteiger partial charge is 0.490 e. The van der Waals surface area contributed by atoms with Gasteiger partial charge in [0.2, 0.25) is 10.0 Å². The van der Waals surface area contributed by atoms with Gasteiger partial charge < -0.3 is 14.7 Å². The molecule has 2 bridgehead atoms. The van der Waals surface area contributed by atoms with E-state index in [9.17, 15) is 18.3 Å². The number of aliphatic hydroxyl groups excluding tert-OH is 1. The van der Waals surface area contributed by atoms with Crippen LogP contribution in [0.1, 0.15) is 73.9 Å². The fraction of sp³-hybridized carbons (Fsp3) is 0.545. The summed E-state index contributed by atoms with van der Waals surface area (Å²) in [4.78, 5) is 15.7. The molecule has 0 saturated heterocycles. The zero-order chi connectivity index (χ0) is 29.6. The maximum absolute atomic E-state index is 13.4. The van der Waals surface area contributed by atoms with Crippen LogP contribution >= 0.6 is 11.6 Å². The summed E-state index contributed by atoms with van der Waals surface area (Å²) in [5.41, 5.74) is 3.34. The number of rotatable bonds is 1. The summed E-state index contributed by atoms with van der Waals surface area (Å²) in [6.45, 7) is 5.69. The van der Waals surface area contributed by atoms with Crippen LogP contribution in [-0.2, 0) is 21.9 Å². The van der Waals surface area contributed by atoms with Crippen LogP contribution in [0.5, 0.6) is 5.75 Å². The van der Waals surface area contributed by atoms with Crippen molar-refractivity contribution in [1.82, 2.24) is 4.72 Å². The average molecular weight is 613 g/mol. The van der Waals surface area contributed by atoms with Crippen molar-refractivity contribution in [3.05, 3.63) is 70.3 Å². The molecule has 1 spiro atoms. The molecule has 0 radical (unpaired) electrons. The van der Waals surface area contributed by atoms with Gasteiger partial charge in [-0.15, -0.1) is 0 Å². The van der Waals surface area contributed by atoms with Crippen LogP contribution in [0.25, 0.3) is 0 Å². The Morgan fingerprint density at radius 2 is 2.00 bits per heavy atom. The van der Waals surface area contributed by atoms with Crippen LogP contribution in [-0.4, -0.2) is 50.5 Å². The first-order chi connectivity index (χ1) is 20.1. The van der Waals surface area contributed by atoms with Crippen molar-refractivity contribution < 1.29 is 23.1 Å². The number of nitrogens with one attached hydrogen (secondary N) is 1. The van der Waals surface area contributed by atoms with Crippen LogP contribution in [0.2, 0.25) is 5.02 Å². The molecule has 2 aliphatic heterocycles. The number of aryl methyl sites for hydroxylation is 1. The van der Waals surface area contributed by atoms with Crippen LogP contribution in [0, 0.1) is 17.8 Å². The molecule has 6 atom stereocenters. The predicted octanol–water partition coefficient (Wildman–Crippen LogP) is 5.63. The maximum Gasteiger partial charge on any atom is 0.264 e. The predicted molar refractivity (Wildman–Crippen MR) is 166 cm³/mol. The Kier molecular flexibility index (Phi) is 8.09. The van der Waals surface area contributed by atoms with Crippen LogP contribution in [0.3, 0.4) is 0 Å². The summed E-state index contributed by atoms with van der Waals surface area (Å²) in [7, 11) is -3.91. The standard InChI is InChI=1S/C33H41ClN2O5S/c1-3-26-15-21(2)6-12-30(37)27-10-7-24(27)18-36-19-33(14-4-5-22-16-25(34)9-11-28(22)33)20-41-31-13-8-23(17-29(31)36)32(38)35-42(26,39)40/h6,8-9,11-13,16-17,21,24,26-27,30,37H,3-5,7,10,14-15,18-20H2,1-2H3,(H,35,38)/b12-6+/t21-,24?,26-,27?,30?,33?/m1/s1. The smallest absolute Gasteiger partial charge is 0.264 e. The first-order valence-corrected chi connectivity index (χ1v) is 17.2. The molecule has 2 N–H and O–H groups in total. The number of ether oxygens (including phenoxy) is 1. The number of nitrogens with zero attached hydrogens (tertiary/aromatic N) is 1. The Bertz CT molecular complexity index is 1490. The highest BCUT2D eigenvalue weighted by Gasteiger charge is 2.44. The van der Waals surface area contributed by atoms with Crippen molar-refractivity contribution in [3.63, 3.8) is 0 Å². The van der Waals surface area contributed by atoms with Crippen molar-refractivity contribution in [2.24, 2.45) is 17.8 Å². The maximum atomic E-state index is 13.4.